The van der Waals surface area contributed by atoms with Crippen LogP contribution < -0.4 is 0 Å². The lowest BCUT2D eigenvalue weighted by atomic mass is 10.1. The van der Waals surface area contributed by atoms with Crippen LogP contribution >= 0.6 is 11.3 Å². The maximum absolute atomic E-state index is 13.8. The van der Waals surface area contributed by atoms with E-state index in [0.29, 0.717) is 15.6 Å². The molecule has 2 atom stereocenters. The van der Waals surface area contributed by atoms with Crippen molar-refractivity contribution in [3.8, 4) is 0 Å². The molecule has 1 aromatic carbocycles. The Hall–Kier alpha value is -1.53. The first-order chi connectivity index (χ1) is 12.9. The quantitative estimate of drug-likeness (QED) is 0.526. The first kappa shape index (κ1) is 22.8. The molecular weight excluding hydrogens is 420 g/mol. The largest absolute Gasteiger partial charge is 0.409 e. The molecular formula is C17H20F4N2O3S2. The molecule has 156 valence electrons. The molecule has 0 saturated carbocycles. The number of aliphatic hydroxyl groups is 1. The lowest BCUT2D eigenvalue weighted by Crippen LogP contribution is -2.42. The number of aliphatic hydroxyl groups excluding tert-OH is 1. The Balaban J connectivity index is 2.51. The van der Waals surface area contributed by atoms with Crippen LogP contribution in [0, 0.1) is 5.82 Å². The topological polar surface area (TPSA) is 60.9 Å². The van der Waals surface area contributed by atoms with E-state index in [1.807, 2.05) is 0 Å². The lowest BCUT2D eigenvalue weighted by Gasteiger charge is -2.31. The summed E-state index contributed by atoms with van der Waals surface area (Å²) in [4.78, 5) is 1.71. The summed E-state index contributed by atoms with van der Waals surface area (Å²) < 4.78 is 80.4. The fourth-order valence-electron chi connectivity index (χ4n) is 2.64. The Morgan fingerprint density at radius 3 is 2.14 bits per heavy atom. The van der Waals surface area contributed by atoms with Gasteiger partial charge in [-0.1, -0.05) is 19.1 Å². The number of hydrogen-bond donors (Lipinski definition) is 1. The average Bonchev–Trinajstić information content (AvgIpc) is 3.09. The fourth-order valence-corrected chi connectivity index (χ4v) is 5.78. The first-order valence-electron chi connectivity index (χ1n) is 8.17. The first-order valence-corrected chi connectivity index (χ1v) is 10.4. The fraction of sp³-hybridized carbons (Fsp3) is 0.412. The van der Waals surface area contributed by atoms with Gasteiger partial charge in [0.05, 0.1) is 0 Å². The molecule has 28 heavy (non-hydrogen) atoms. The summed E-state index contributed by atoms with van der Waals surface area (Å²) in [5, 5.41) is 10.0. The van der Waals surface area contributed by atoms with E-state index in [1.165, 1.54) is 24.0 Å². The van der Waals surface area contributed by atoms with Crippen molar-refractivity contribution in [1.29, 1.82) is 0 Å². The highest BCUT2D eigenvalue weighted by Gasteiger charge is 2.49. The Morgan fingerprint density at radius 1 is 1.11 bits per heavy atom. The van der Waals surface area contributed by atoms with Crippen molar-refractivity contribution >= 4 is 21.4 Å². The summed E-state index contributed by atoms with van der Waals surface area (Å²) in [7, 11) is -1.37. The van der Waals surface area contributed by atoms with Gasteiger partial charge in [-0.2, -0.15) is 17.5 Å². The third-order valence-electron chi connectivity index (χ3n) is 4.00. The van der Waals surface area contributed by atoms with Gasteiger partial charge in [-0.25, -0.2) is 12.8 Å². The van der Waals surface area contributed by atoms with Crippen molar-refractivity contribution in [1.82, 2.24) is 9.21 Å². The van der Waals surface area contributed by atoms with Gasteiger partial charge in [-0.15, -0.1) is 11.3 Å². The van der Waals surface area contributed by atoms with Gasteiger partial charge in [0, 0.05) is 11.4 Å². The van der Waals surface area contributed by atoms with Gasteiger partial charge in [0.1, 0.15) is 22.3 Å². The highest BCUT2D eigenvalue weighted by molar-refractivity contribution is 7.91. The summed E-state index contributed by atoms with van der Waals surface area (Å²) in [6, 6.07) is 3.60. The van der Waals surface area contributed by atoms with Crippen LogP contribution in [0.4, 0.5) is 17.6 Å². The Morgan fingerprint density at radius 2 is 1.68 bits per heavy atom. The second-order valence-corrected chi connectivity index (χ2v) is 9.43. The molecule has 0 fully saturated rings. The zero-order valence-electron chi connectivity index (χ0n) is 15.3. The van der Waals surface area contributed by atoms with Crippen LogP contribution in [0.15, 0.2) is 40.6 Å². The SMILES string of the molecule is CCN(C(c1ccc(F)cc1)C(F)(F)F)S(=O)(=O)c1ccc(C(O)N(C)C)s1. The molecule has 0 aliphatic carbocycles. The maximum Gasteiger partial charge on any atom is 0.409 e. The molecule has 11 heteroatoms. The summed E-state index contributed by atoms with van der Waals surface area (Å²) in [5.74, 6) is -0.726. The van der Waals surface area contributed by atoms with Gasteiger partial charge in [0.15, 0.2) is 0 Å². The second-order valence-electron chi connectivity index (χ2n) is 6.20. The Bertz CT molecular complexity index is 896. The van der Waals surface area contributed by atoms with Crippen molar-refractivity contribution < 1.29 is 31.1 Å². The van der Waals surface area contributed by atoms with Crippen molar-refractivity contribution in [2.45, 2.75) is 29.6 Å². The summed E-state index contributed by atoms with van der Waals surface area (Å²) >= 11 is 0.697. The Kier molecular flexibility index (Phi) is 6.87. The van der Waals surface area contributed by atoms with Crippen molar-refractivity contribution in [3.05, 3.63) is 52.7 Å². The van der Waals surface area contributed by atoms with Crippen LogP contribution in [-0.2, 0) is 10.0 Å². The monoisotopic (exact) mass is 440 g/mol. The molecule has 2 aromatic rings. The van der Waals surface area contributed by atoms with Gasteiger partial charge in [0.2, 0.25) is 0 Å². The molecule has 5 nitrogen and oxygen atoms in total. The normalized spacial score (nSPS) is 15.2. The standard InChI is InChI=1S/C17H20F4N2O3S2/c1-4-23(15(17(19,20)21)11-5-7-12(18)8-6-11)28(25,26)14-10-9-13(27-14)16(24)22(2)3/h5-10,15-16,24H,4H2,1-3H3. The number of halogens is 4. The zero-order valence-corrected chi connectivity index (χ0v) is 16.9. The minimum atomic E-state index is -4.91. The molecule has 2 rings (SSSR count). The van der Waals surface area contributed by atoms with Crippen molar-refractivity contribution in [2.75, 3.05) is 20.6 Å². The van der Waals surface area contributed by atoms with E-state index < -0.39 is 40.8 Å². The highest BCUT2D eigenvalue weighted by atomic mass is 32.2. The van der Waals surface area contributed by atoms with Crippen molar-refractivity contribution in [2.24, 2.45) is 0 Å². The van der Waals surface area contributed by atoms with Gasteiger partial charge in [-0.05, 0) is 43.9 Å². The zero-order chi connectivity index (χ0) is 21.3. The van der Waals surface area contributed by atoms with E-state index in [0.717, 1.165) is 24.3 Å². The average molecular weight is 440 g/mol. The molecule has 0 amide bonds. The molecule has 0 bridgehead atoms. The summed E-state index contributed by atoms with van der Waals surface area (Å²) in [5.41, 5.74) is -0.385. The molecule has 1 aromatic heterocycles. The van der Waals surface area contributed by atoms with Crippen LogP contribution in [0.1, 0.15) is 29.6 Å². The predicted molar refractivity (Wildman–Crippen MR) is 97.7 cm³/mol. The summed E-state index contributed by atoms with van der Waals surface area (Å²) in [6.07, 6.45) is -6.00. The number of thiophene rings is 1. The van der Waals surface area contributed by atoms with Crippen LogP contribution in [-0.4, -0.2) is 49.5 Å². The molecule has 0 radical (unpaired) electrons. The third kappa shape index (κ3) is 4.71. The number of benzene rings is 1. The number of hydrogen-bond acceptors (Lipinski definition) is 5. The molecule has 0 saturated heterocycles. The van der Waals surface area contributed by atoms with Gasteiger partial charge in [0.25, 0.3) is 10.0 Å². The smallest absolute Gasteiger partial charge is 0.373 e. The van der Waals surface area contributed by atoms with E-state index in [9.17, 15) is 31.1 Å². The number of nitrogens with zero attached hydrogens (tertiary/aromatic N) is 2. The van der Waals surface area contributed by atoms with E-state index >= 15 is 0 Å². The highest BCUT2D eigenvalue weighted by Crippen LogP contribution is 2.41. The molecule has 0 spiro atoms. The van der Waals surface area contributed by atoms with Crippen LogP contribution in [0.25, 0.3) is 0 Å². The number of alkyl halides is 3. The third-order valence-corrected chi connectivity index (χ3v) is 7.54. The molecule has 2 unspecified atom stereocenters. The Labute approximate surface area is 164 Å². The van der Waals surface area contributed by atoms with E-state index in [1.54, 1.807) is 14.1 Å². The minimum Gasteiger partial charge on any atom is -0.373 e. The predicted octanol–water partition coefficient (Wildman–Crippen LogP) is 3.75. The van der Waals surface area contributed by atoms with Crippen molar-refractivity contribution in [3.63, 3.8) is 0 Å². The lowest BCUT2D eigenvalue weighted by molar-refractivity contribution is -0.173. The van der Waals surface area contributed by atoms with Gasteiger partial charge < -0.3 is 5.11 Å². The molecule has 1 heterocycles. The molecule has 1 N–H and O–H groups in total. The van der Waals surface area contributed by atoms with Gasteiger partial charge in [-0.3, -0.25) is 4.90 Å². The van der Waals surface area contributed by atoms with Crippen LogP contribution in [0.5, 0.6) is 0 Å². The second kappa shape index (κ2) is 8.46. The molecule has 0 aliphatic heterocycles. The molecule has 0 aliphatic rings. The number of sulfonamides is 1. The van der Waals surface area contributed by atoms with E-state index in [-0.39, 0.29) is 14.6 Å². The van der Waals surface area contributed by atoms with Crippen LogP contribution in [0.3, 0.4) is 0 Å². The number of rotatable bonds is 7. The van der Waals surface area contributed by atoms with E-state index in [4.69, 9.17) is 0 Å². The minimum absolute atomic E-state index is 0.282. The van der Waals surface area contributed by atoms with E-state index in [2.05, 4.69) is 0 Å². The maximum atomic E-state index is 13.8. The summed E-state index contributed by atoms with van der Waals surface area (Å²) in [6.45, 7) is 0.844. The van der Waals surface area contributed by atoms with Crippen LogP contribution in [0.2, 0.25) is 0 Å². The van der Waals surface area contributed by atoms with Gasteiger partial charge >= 0.3 is 6.18 Å².